The average Bonchev–Trinajstić information content (AvgIpc) is 3.06. The van der Waals surface area contributed by atoms with Crippen molar-refractivity contribution in [3.8, 4) is 0 Å². The van der Waals surface area contributed by atoms with Gasteiger partial charge in [0.05, 0.1) is 6.33 Å². The van der Waals surface area contributed by atoms with Gasteiger partial charge in [-0.2, -0.15) is 0 Å². The number of pyridine rings is 1. The largest absolute Gasteiger partial charge is 0.355 e. The summed E-state index contributed by atoms with van der Waals surface area (Å²) in [6.45, 7) is 7.71. The Hall–Kier alpha value is -2.21. The molecule has 2 fully saturated rings. The van der Waals surface area contributed by atoms with Crippen LogP contribution in [0.25, 0.3) is 0 Å². The molecule has 2 aromatic heterocycles. The predicted molar refractivity (Wildman–Crippen MR) is 104 cm³/mol. The molecule has 1 aliphatic carbocycles. The summed E-state index contributed by atoms with van der Waals surface area (Å²) in [5.74, 6) is 0.986. The monoisotopic (exact) mass is 367 g/mol. The van der Waals surface area contributed by atoms with Crippen LogP contribution in [0.3, 0.4) is 0 Å². The van der Waals surface area contributed by atoms with Crippen molar-refractivity contribution >= 4 is 5.91 Å². The topological polar surface area (TPSA) is 63.1 Å². The Labute approximate surface area is 161 Å². The molecule has 1 aliphatic heterocycles. The van der Waals surface area contributed by atoms with Gasteiger partial charge in [-0.1, -0.05) is 13.0 Å². The molecule has 1 saturated heterocycles. The molecule has 27 heavy (non-hydrogen) atoms. The van der Waals surface area contributed by atoms with Crippen LogP contribution in [0.2, 0.25) is 0 Å². The number of nitrogens with one attached hydrogen (secondary N) is 1. The molecule has 0 spiro atoms. The van der Waals surface area contributed by atoms with Gasteiger partial charge in [-0.15, -0.1) is 0 Å². The SMILES string of the molecule is Cc1cncc(CN2C[C@@H](CNC(=O)C3(C)CC3)[C@H](c3cncn3C)C2)c1. The second kappa shape index (κ2) is 7.08. The third kappa shape index (κ3) is 3.90. The van der Waals surface area contributed by atoms with Crippen molar-refractivity contribution < 1.29 is 4.79 Å². The zero-order chi connectivity index (χ0) is 19.0. The fourth-order valence-corrected chi connectivity index (χ4v) is 4.17. The Bertz CT molecular complexity index is 825. The third-order valence-electron chi connectivity index (χ3n) is 6.16. The smallest absolute Gasteiger partial charge is 0.225 e. The van der Waals surface area contributed by atoms with E-state index in [2.05, 4.69) is 51.7 Å². The molecule has 0 aromatic carbocycles. The van der Waals surface area contributed by atoms with E-state index in [0.717, 1.165) is 39.0 Å². The summed E-state index contributed by atoms with van der Waals surface area (Å²) in [5.41, 5.74) is 3.56. The Kier molecular flexibility index (Phi) is 4.76. The van der Waals surface area contributed by atoms with Gasteiger partial charge in [0.1, 0.15) is 0 Å². The summed E-state index contributed by atoms with van der Waals surface area (Å²) >= 11 is 0. The first-order chi connectivity index (χ1) is 12.9. The van der Waals surface area contributed by atoms with Gasteiger partial charge >= 0.3 is 0 Å². The van der Waals surface area contributed by atoms with E-state index in [-0.39, 0.29) is 11.3 Å². The van der Waals surface area contributed by atoms with Crippen molar-refractivity contribution in [2.24, 2.45) is 18.4 Å². The number of aryl methyl sites for hydroxylation is 2. The Balaban J connectivity index is 1.46. The molecule has 0 bridgehead atoms. The average molecular weight is 367 g/mol. The molecule has 2 aromatic rings. The Morgan fingerprint density at radius 3 is 2.74 bits per heavy atom. The second-order valence-electron chi connectivity index (χ2n) is 8.63. The van der Waals surface area contributed by atoms with Crippen LogP contribution in [0.5, 0.6) is 0 Å². The minimum absolute atomic E-state index is 0.118. The fourth-order valence-electron chi connectivity index (χ4n) is 4.17. The lowest BCUT2D eigenvalue weighted by molar-refractivity contribution is -0.125. The first kappa shape index (κ1) is 18.2. The van der Waals surface area contributed by atoms with Crippen LogP contribution in [0.4, 0.5) is 0 Å². The van der Waals surface area contributed by atoms with E-state index in [1.54, 1.807) is 0 Å². The molecule has 1 N–H and O–H groups in total. The molecule has 6 heteroatoms. The molecule has 2 aliphatic rings. The number of carbonyl (C=O) groups is 1. The number of hydrogen-bond donors (Lipinski definition) is 1. The van der Waals surface area contributed by atoms with E-state index in [0.29, 0.717) is 11.8 Å². The van der Waals surface area contributed by atoms with Gasteiger partial charge in [-0.25, -0.2) is 4.98 Å². The van der Waals surface area contributed by atoms with Crippen molar-refractivity contribution in [1.82, 2.24) is 24.8 Å². The highest BCUT2D eigenvalue weighted by atomic mass is 16.2. The van der Waals surface area contributed by atoms with Crippen molar-refractivity contribution in [2.45, 2.75) is 39.2 Å². The van der Waals surface area contributed by atoms with E-state index in [1.165, 1.54) is 16.8 Å². The molecule has 0 unspecified atom stereocenters. The minimum atomic E-state index is -0.118. The van der Waals surface area contributed by atoms with Crippen molar-refractivity contribution in [2.75, 3.05) is 19.6 Å². The number of nitrogens with zero attached hydrogens (tertiary/aromatic N) is 4. The molecule has 144 valence electrons. The second-order valence-corrected chi connectivity index (χ2v) is 8.63. The zero-order valence-electron chi connectivity index (χ0n) is 16.5. The number of rotatable bonds is 6. The maximum atomic E-state index is 12.4. The van der Waals surface area contributed by atoms with E-state index in [4.69, 9.17) is 0 Å². The standard InChI is InChI=1S/C21H29N5O/c1-15-6-16(8-22-7-15)11-26-12-17(9-24-20(27)21(2)4-5-21)18(13-26)19-10-23-14-25(19)3/h6-8,10,14,17-18H,4-5,9,11-13H2,1-3H3,(H,24,27)/t17-,18-/m1/s1. The number of amides is 1. The minimum Gasteiger partial charge on any atom is -0.355 e. The predicted octanol–water partition coefficient (Wildman–Crippen LogP) is 2.26. The van der Waals surface area contributed by atoms with Crippen LogP contribution < -0.4 is 5.32 Å². The normalized spacial score (nSPS) is 24.1. The summed E-state index contributed by atoms with van der Waals surface area (Å²) in [6.07, 6.45) is 9.71. The van der Waals surface area contributed by atoms with Gasteiger partial charge in [0, 0.05) is 68.8 Å². The molecule has 6 nitrogen and oxygen atoms in total. The summed E-state index contributed by atoms with van der Waals surface area (Å²) in [6, 6.07) is 2.20. The first-order valence-electron chi connectivity index (χ1n) is 9.82. The third-order valence-corrected chi connectivity index (χ3v) is 6.16. The molecular weight excluding hydrogens is 338 g/mol. The Morgan fingerprint density at radius 1 is 1.26 bits per heavy atom. The lowest BCUT2D eigenvalue weighted by atomic mass is 9.92. The Morgan fingerprint density at radius 2 is 2.07 bits per heavy atom. The first-order valence-corrected chi connectivity index (χ1v) is 9.82. The van der Waals surface area contributed by atoms with Gasteiger partial charge in [-0.3, -0.25) is 14.7 Å². The van der Waals surface area contributed by atoms with Crippen molar-refractivity contribution in [3.05, 3.63) is 47.8 Å². The maximum Gasteiger partial charge on any atom is 0.225 e. The lowest BCUT2D eigenvalue weighted by Crippen LogP contribution is -2.36. The van der Waals surface area contributed by atoms with Crippen molar-refractivity contribution in [3.63, 3.8) is 0 Å². The summed E-state index contributed by atoms with van der Waals surface area (Å²) in [5, 5.41) is 3.22. The molecular formula is C21H29N5O. The molecule has 2 atom stereocenters. The van der Waals surface area contributed by atoms with Gasteiger partial charge < -0.3 is 9.88 Å². The van der Waals surface area contributed by atoms with E-state index in [1.807, 2.05) is 24.9 Å². The van der Waals surface area contributed by atoms with E-state index in [9.17, 15) is 4.79 Å². The molecule has 1 amide bonds. The molecule has 3 heterocycles. The maximum absolute atomic E-state index is 12.4. The van der Waals surface area contributed by atoms with Crippen LogP contribution in [0, 0.1) is 18.3 Å². The molecule has 4 rings (SSSR count). The summed E-state index contributed by atoms with van der Waals surface area (Å²) in [4.78, 5) is 23.5. The van der Waals surface area contributed by atoms with Crippen LogP contribution in [-0.4, -0.2) is 45.0 Å². The number of aromatic nitrogens is 3. The highest BCUT2D eigenvalue weighted by Gasteiger charge is 2.45. The van der Waals surface area contributed by atoms with Crippen LogP contribution in [0.1, 0.15) is 42.5 Å². The van der Waals surface area contributed by atoms with Crippen LogP contribution >= 0.6 is 0 Å². The highest BCUT2D eigenvalue weighted by molar-refractivity contribution is 5.84. The number of hydrogen-bond acceptors (Lipinski definition) is 4. The van der Waals surface area contributed by atoms with Crippen LogP contribution in [-0.2, 0) is 18.4 Å². The van der Waals surface area contributed by atoms with E-state index >= 15 is 0 Å². The van der Waals surface area contributed by atoms with Gasteiger partial charge in [0.25, 0.3) is 0 Å². The molecule has 0 radical (unpaired) electrons. The fraction of sp³-hybridized carbons (Fsp3) is 0.571. The van der Waals surface area contributed by atoms with Gasteiger partial charge in [0.2, 0.25) is 5.91 Å². The quantitative estimate of drug-likeness (QED) is 0.851. The molecule has 1 saturated carbocycles. The zero-order valence-corrected chi connectivity index (χ0v) is 16.5. The van der Waals surface area contributed by atoms with Crippen LogP contribution in [0.15, 0.2) is 31.0 Å². The lowest BCUT2D eigenvalue weighted by Gasteiger charge is -2.20. The number of imidazole rings is 1. The van der Waals surface area contributed by atoms with Crippen molar-refractivity contribution in [1.29, 1.82) is 0 Å². The van der Waals surface area contributed by atoms with Gasteiger partial charge in [-0.05, 0) is 36.8 Å². The van der Waals surface area contributed by atoms with Gasteiger partial charge in [0.15, 0.2) is 0 Å². The summed E-state index contributed by atoms with van der Waals surface area (Å²) < 4.78 is 2.11. The van der Waals surface area contributed by atoms with E-state index < -0.39 is 0 Å². The number of likely N-dealkylation sites (tertiary alicyclic amines) is 1. The summed E-state index contributed by atoms with van der Waals surface area (Å²) in [7, 11) is 2.05. The number of carbonyl (C=O) groups excluding carboxylic acids is 1. The highest BCUT2D eigenvalue weighted by Crippen LogP contribution is 2.45.